The van der Waals surface area contributed by atoms with Crippen molar-refractivity contribution in [3.05, 3.63) is 83.6 Å². The van der Waals surface area contributed by atoms with Crippen LogP contribution in [0.25, 0.3) is 28.1 Å². The summed E-state index contributed by atoms with van der Waals surface area (Å²) >= 11 is 0. The second kappa shape index (κ2) is 9.57. The number of methoxy groups -OCH3 is 1. The van der Waals surface area contributed by atoms with Crippen molar-refractivity contribution in [3.63, 3.8) is 0 Å². The molecule has 182 valence electrons. The molecule has 0 fully saturated rings. The van der Waals surface area contributed by atoms with Gasteiger partial charge in [0.05, 0.1) is 38.2 Å². The number of rotatable bonds is 7. The van der Waals surface area contributed by atoms with Crippen LogP contribution in [-0.2, 0) is 11.3 Å². The zero-order valence-electron chi connectivity index (χ0n) is 20.0. The van der Waals surface area contributed by atoms with Gasteiger partial charge in [-0.05, 0) is 36.6 Å². The van der Waals surface area contributed by atoms with Gasteiger partial charge in [0.1, 0.15) is 16.9 Å². The molecule has 0 radical (unpaired) electrons. The van der Waals surface area contributed by atoms with Crippen LogP contribution in [-0.4, -0.2) is 49.2 Å². The second-order valence-corrected chi connectivity index (χ2v) is 8.08. The van der Waals surface area contributed by atoms with Gasteiger partial charge in [0, 0.05) is 11.8 Å². The van der Waals surface area contributed by atoms with Crippen LogP contribution >= 0.6 is 0 Å². The van der Waals surface area contributed by atoms with Crippen molar-refractivity contribution in [2.24, 2.45) is 0 Å². The highest BCUT2D eigenvalue weighted by Crippen LogP contribution is 2.27. The maximum Gasteiger partial charge on any atom is 0.341 e. The van der Waals surface area contributed by atoms with E-state index < -0.39 is 5.97 Å². The minimum Gasteiger partial charge on any atom is -0.479 e. The normalized spacial score (nSPS) is 11.1. The average molecular weight is 487 g/mol. The van der Waals surface area contributed by atoms with Gasteiger partial charge in [0.25, 0.3) is 5.95 Å². The summed E-state index contributed by atoms with van der Waals surface area (Å²) in [6.45, 7) is 4.15. The summed E-state index contributed by atoms with van der Waals surface area (Å²) in [5.74, 6) is -0.375. The Kier molecular flexibility index (Phi) is 6.16. The first-order valence-electron chi connectivity index (χ1n) is 11.3. The number of carbonyl (C=O) groups is 1. The SMILES string of the molecule is CCOC(=O)c1cnn(-c2nc(OC)c3c(cnn3Cc3ccc(-c4ccccc4C)cc3F)n2)c1. The molecule has 3 heterocycles. The monoisotopic (exact) mass is 486 g/mol. The Morgan fingerprint density at radius 3 is 2.67 bits per heavy atom. The van der Waals surface area contributed by atoms with Crippen LogP contribution in [0.5, 0.6) is 5.88 Å². The highest BCUT2D eigenvalue weighted by atomic mass is 19.1. The van der Waals surface area contributed by atoms with Gasteiger partial charge in [-0.25, -0.2) is 18.9 Å². The Morgan fingerprint density at radius 2 is 1.92 bits per heavy atom. The number of hydrogen-bond donors (Lipinski definition) is 0. The Balaban J connectivity index is 1.47. The van der Waals surface area contributed by atoms with E-state index in [-0.39, 0.29) is 36.4 Å². The number of halogens is 1. The summed E-state index contributed by atoms with van der Waals surface area (Å²) in [7, 11) is 1.48. The molecule has 0 aliphatic rings. The number of aryl methyl sites for hydroxylation is 1. The Bertz CT molecular complexity index is 1580. The first-order chi connectivity index (χ1) is 17.5. The van der Waals surface area contributed by atoms with E-state index in [4.69, 9.17) is 9.47 Å². The van der Waals surface area contributed by atoms with Crippen LogP contribution in [0.4, 0.5) is 4.39 Å². The van der Waals surface area contributed by atoms with Gasteiger partial charge in [0.2, 0.25) is 5.88 Å². The molecule has 0 N–H and O–H groups in total. The van der Waals surface area contributed by atoms with Crippen LogP contribution in [0.3, 0.4) is 0 Å². The number of aromatic nitrogens is 6. The predicted molar refractivity (Wildman–Crippen MR) is 131 cm³/mol. The molecule has 0 amide bonds. The van der Waals surface area contributed by atoms with E-state index in [2.05, 4.69) is 20.2 Å². The number of esters is 1. The third kappa shape index (κ3) is 4.28. The lowest BCUT2D eigenvalue weighted by Gasteiger charge is -2.11. The van der Waals surface area contributed by atoms with E-state index in [0.717, 1.165) is 16.7 Å². The van der Waals surface area contributed by atoms with Gasteiger partial charge in [-0.1, -0.05) is 36.4 Å². The molecule has 0 unspecified atom stereocenters. The molecule has 2 aromatic carbocycles. The Labute approximate surface area is 206 Å². The van der Waals surface area contributed by atoms with Crippen molar-refractivity contribution in [2.45, 2.75) is 20.4 Å². The molecule has 0 bridgehead atoms. The third-order valence-corrected chi connectivity index (χ3v) is 5.77. The molecular formula is C26H23FN6O3. The highest BCUT2D eigenvalue weighted by Gasteiger charge is 2.18. The van der Waals surface area contributed by atoms with Crippen LogP contribution in [0.2, 0.25) is 0 Å². The number of carbonyl (C=O) groups excluding carboxylic acids is 1. The van der Waals surface area contributed by atoms with E-state index in [1.54, 1.807) is 23.9 Å². The first kappa shape index (κ1) is 23.2. The van der Waals surface area contributed by atoms with Crippen molar-refractivity contribution < 1.29 is 18.7 Å². The van der Waals surface area contributed by atoms with E-state index in [1.807, 2.05) is 37.3 Å². The topological polar surface area (TPSA) is 97.0 Å². The van der Waals surface area contributed by atoms with Crippen molar-refractivity contribution in [3.8, 4) is 23.0 Å². The third-order valence-electron chi connectivity index (χ3n) is 5.77. The molecule has 0 aliphatic heterocycles. The smallest absolute Gasteiger partial charge is 0.341 e. The van der Waals surface area contributed by atoms with Gasteiger partial charge in [-0.3, -0.25) is 4.68 Å². The van der Waals surface area contributed by atoms with Crippen molar-refractivity contribution in [1.82, 2.24) is 29.5 Å². The standard InChI is InChI=1S/C26H23FN6O3/c1-4-36-25(34)19-12-28-33(15-19)26-30-22-13-29-32(23(22)24(31-26)35-3)14-18-10-9-17(11-21(18)27)20-8-6-5-7-16(20)2/h5-13,15H,4,14H2,1-3H3. The number of nitrogens with zero attached hydrogens (tertiary/aromatic N) is 6. The average Bonchev–Trinajstić information content (AvgIpc) is 3.53. The molecule has 0 atom stereocenters. The first-order valence-corrected chi connectivity index (χ1v) is 11.3. The lowest BCUT2D eigenvalue weighted by Crippen LogP contribution is -2.08. The van der Waals surface area contributed by atoms with Crippen molar-refractivity contribution in [1.29, 1.82) is 0 Å². The van der Waals surface area contributed by atoms with Crippen molar-refractivity contribution >= 4 is 17.0 Å². The fourth-order valence-corrected chi connectivity index (χ4v) is 3.97. The lowest BCUT2D eigenvalue weighted by atomic mass is 9.99. The number of fused-ring (bicyclic) bond motifs is 1. The zero-order chi connectivity index (χ0) is 25.2. The summed E-state index contributed by atoms with van der Waals surface area (Å²) < 4.78 is 28.5. The van der Waals surface area contributed by atoms with Crippen LogP contribution in [0, 0.1) is 12.7 Å². The molecule has 5 rings (SSSR count). The lowest BCUT2D eigenvalue weighted by molar-refractivity contribution is 0.0526. The van der Waals surface area contributed by atoms with Gasteiger partial charge in [-0.15, -0.1) is 0 Å². The summed E-state index contributed by atoms with van der Waals surface area (Å²) in [5.41, 5.74) is 4.62. The molecule has 0 spiro atoms. The second-order valence-electron chi connectivity index (χ2n) is 8.08. The fourth-order valence-electron chi connectivity index (χ4n) is 3.97. The maximum atomic E-state index is 15.1. The van der Waals surface area contributed by atoms with Crippen LogP contribution in [0.15, 0.2) is 61.1 Å². The minimum absolute atomic E-state index is 0.164. The van der Waals surface area contributed by atoms with Crippen molar-refractivity contribution in [2.75, 3.05) is 13.7 Å². The Hall–Kier alpha value is -4.60. The van der Waals surface area contributed by atoms with E-state index in [0.29, 0.717) is 16.6 Å². The molecular weight excluding hydrogens is 463 g/mol. The number of hydrogen-bond acceptors (Lipinski definition) is 7. The predicted octanol–water partition coefficient (Wildman–Crippen LogP) is 4.36. The zero-order valence-corrected chi connectivity index (χ0v) is 20.0. The quantitative estimate of drug-likeness (QED) is 0.315. The summed E-state index contributed by atoms with van der Waals surface area (Å²) in [4.78, 5) is 20.9. The van der Waals surface area contributed by atoms with Crippen LogP contribution < -0.4 is 4.74 Å². The molecule has 0 saturated carbocycles. The maximum absolute atomic E-state index is 15.1. The molecule has 10 heteroatoms. The van der Waals surface area contributed by atoms with E-state index in [1.165, 1.54) is 30.3 Å². The minimum atomic E-state index is -0.486. The molecule has 36 heavy (non-hydrogen) atoms. The van der Waals surface area contributed by atoms with E-state index in [9.17, 15) is 4.79 Å². The van der Waals surface area contributed by atoms with Gasteiger partial charge in [-0.2, -0.15) is 15.2 Å². The largest absolute Gasteiger partial charge is 0.479 e. The summed E-state index contributed by atoms with van der Waals surface area (Å²) in [6, 6.07) is 13.1. The summed E-state index contributed by atoms with van der Waals surface area (Å²) in [6.07, 6.45) is 4.41. The van der Waals surface area contributed by atoms with Gasteiger partial charge < -0.3 is 9.47 Å². The highest BCUT2D eigenvalue weighted by molar-refractivity contribution is 5.88. The Morgan fingerprint density at radius 1 is 1.08 bits per heavy atom. The van der Waals surface area contributed by atoms with E-state index >= 15 is 4.39 Å². The van der Waals surface area contributed by atoms with Gasteiger partial charge >= 0.3 is 5.97 Å². The number of benzene rings is 2. The fraction of sp³-hybridized carbons (Fsp3) is 0.192. The van der Waals surface area contributed by atoms with Gasteiger partial charge in [0.15, 0.2) is 0 Å². The molecule has 5 aromatic rings. The molecule has 3 aromatic heterocycles. The summed E-state index contributed by atoms with van der Waals surface area (Å²) in [5, 5.41) is 8.55. The number of ether oxygens (including phenoxy) is 2. The van der Waals surface area contributed by atoms with Crippen LogP contribution in [0.1, 0.15) is 28.4 Å². The molecule has 0 aliphatic carbocycles. The molecule has 0 saturated heterocycles. The molecule has 9 nitrogen and oxygen atoms in total.